The first-order valence-electron chi connectivity index (χ1n) is 6.36. The van der Waals surface area contributed by atoms with Gasteiger partial charge in [-0.3, -0.25) is 0 Å². The number of nitrogens with two attached hydrogens (primary N) is 1. The van der Waals surface area contributed by atoms with Crippen molar-refractivity contribution in [3.63, 3.8) is 0 Å². The van der Waals surface area contributed by atoms with Crippen molar-refractivity contribution in [2.45, 2.75) is 13.8 Å². The van der Waals surface area contributed by atoms with Gasteiger partial charge in [0, 0.05) is 12.6 Å². The molecule has 0 amide bonds. The van der Waals surface area contributed by atoms with E-state index in [-0.39, 0.29) is 0 Å². The number of imidazole rings is 1. The highest BCUT2D eigenvalue weighted by atomic mass is 15.1. The van der Waals surface area contributed by atoms with Crippen LogP contribution in [-0.4, -0.2) is 9.55 Å². The van der Waals surface area contributed by atoms with E-state index in [9.17, 15) is 0 Å². The Morgan fingerprint density at radius 1 is 1.05 bits per heavy atom. The first kappa shape index (κ1) is 11.8. The average Bonchev–Trinajstić information content (AvgIpc) is 2.72. The molecule has 0 saturated carbocycles. The normalized spacial score (nSPS) is 11.1. The van der Waals surface area contributed by atoms with Gasteiger partial charge in [0.25, 0.3) is 0 Å². The van der Waals surface area contributed by atoms with Crippen LogP contribution in [0, 0.1) is 13.8 Å². The van der Waals surface area contributed by atoms with Crippen LogP contribution in [0.25, 0.3) is 22.4 Å². The largest absolute Gasteiger partial charge is 0.397 e. The molecule has 3 rings (SSSR count). The van der Waals surface area contributed by atoms with Crippen LogP contribution in [0.15, 0.2) is 36.4 Å². The van der Waals surface area contributed by atoms with Crippen LogP contribution in [0.5, 0.6) is 0 Å². The molecule has 3 heteroatoms. The molecule has 0 aliphatic carbocycles. The lowest BCUT2D eigenvalue weighted by Gasteiger charge is -2.05. The van der Waals surface area contributed by atoms with Crippen molar-refractivity contribution in [2.24, 2.45) is 7.05 Å². The molecule has 0 radical (unpaired) electrons. The fourth-order valence-electron chi connectivity index (χ4n) is 2.37. The van der Waals surface area contributed by atoms with Gasteiger partial charge in [-0.05, 0) is 43.2 Å². The number of para-hydroxylation sites is 1. The molecule has 19 heavy (non-hydrogen) atoms. The summed E-state index contributed by atoms with van der Waals surface area (Å²) in [5, 5.41) is 0. The number of aromatic nitrogens is 2. The molecule has 0 saturated heterocycles. The lowest BCUT2D eigenvalue weighted by Crippen LogP contribution is -1.93. The van der Waals surface area contributed by atoms with Gasteiger partial charge in [-0.15, -0.1) is 0 Å². The van der Waals surface area contributed by atoms with Crippen LogP contribution in [0.4, 0.5) is 5.69 Å². The molecule has 0 fully saturated rings. The number of nitrogen functional groups attached to an aromatic ring is 1. The lowest BCUT2D eigenvalue weighted by molar-refractivity contribution is 0.959. The van der Waals surface area contributed by atoms with Crippen LogP contribution >= 0.6 is 0 Å². The maximum atomic E-state index is 5.99. The monoisotopic (exact) mass is 251 g/mol. The highest BCUT2D eigenvalue weighted by molar-refractivity contribution is 5.90. The molecule has 0 unspecified atom stereocenters. The summed E-state index contributed by atoms with van der Waals surface area (Å²) >= 11 is 0. The molecule has 2 aromatic carbocycles. The predicted octanol–water partition coefficient (Wildman–Crippen LogP) is 3.44. The van der Waals surface area contributed by atoms with Gasteiger partial charge in [0.1, 0.15) is 11.3 Å². The fraction of sp³-hybridized carbons (Fsp3) is 0.188. The molecule has 3 aromatic rings. The minimum atomic E-state index is 0.725. The molecule has 1 aromatic heterocycles. The van der Waals surface area contributed by atoms with Crippen LogP contribution in [-0.2, 0) is 7.05 Å². The smallest absolute Gasteiger partial charge is 0.140 e. The van der Waals surface area contributed by atoms with Crippen molar-refractivity contribution >= 4 is 16.7 Å². The van der Waals surface area contributed by atoms with Gasteiger partial charge in [-0.1, -0.05) is 18.2 Å². The summed E-state index contributed by atoms with van der Waals surface area (Å²) in [5.41, 5.74) is 12.4. The van der Waals surface area contributed by atoms with Crippen molar-refractivity contribution < 1.29 is 0 Å². The fourth-order valence-corrected chi connectivity index (χ4v) is 2.37. The highest BCUT2D eigenvalue weighted by Crippen LogP contribution is 2.27. The van der Waals surface area contributed by atoms with Gasteiger partial charge in [0.2, 0.25) is 0 Å². The Bertz CT molecular complexity index is 769. The second-order valence-electron chi connectivity index (χ2n) is 5.01. The molecular formula is C16H17N3. The molecule has 0 bridgehead atoms. The van der Waals surface area contributed by atoms with E-state index in [1.807, 2.05) is 25.2 Å². The van der Waals surface area contributed by atoms with Gasteiger partial charge < -0.3 is 10.3 Å². The van der Waals surface area contributed by atoms with Crippen LogP contribution in [0.3, 0.4) is 0 Å². The SMILES string of the molecule is Cc1ccc(-c2nc3c(N)cccc3n2C)cc1C. The Balaban J connectivity index is 2.28. The number of anilines is 1. The molecule has 0 aliphatic rings. The standard InChI is InChI=1S/C16H17N3/c1-10-7-8-12(9-11(10)2)16-18-15-13(17)5-4-6-14(15)19(16)3/h4-9H,17H2,1-3H3. The molecule has 1 heterocycles. The number of benzene rings is 2. The summed E-state index contributed by atoms with van der Waals surface area (Å²) in [7, 11) is 2.03. The van der Waals surface area contributed by atoms with E-state index in [2.05, 4.69) is 36.6 Å². The third-order valence-corrected chi connectivity index (χ3v) is 3.71. The zero-order chi connectivity index (χ0) is 13.6. The van der Waals surface area contributed by atoms with Gasteiger partial charge in [0.15, 0.2) is 0 Å². The molecule has 0 aliphatic heterocycles. The maximum Gasteiger partial charge on any atom is 0.140 e. The number of fused-ring (bicyclic) bond motifs is 1. The Morgan fingerprint density at radius 2 is 1.84 bits per heavy atom. The van der Waals surface area contributed by atoms with Crippen molar-refractivity contribution in [1.82, 2.24) is 9.55 Å². The third kappa shape index (κ3) is 1.78. The number of hydrogen-bond acceptors (Lipinski definition) is 2. The minimum absolute atomic E-state index is 0.725. The topological polar surface area (TPSA) is 43.8 Å². The Hall–Kier alpha value is -2.29. The quantitative estimate of drug-likeness (QED) is 0.673. The predicted molar refractivity (Wildman–Crippen MR) is 80.0 cm³/mol. The van der Waals surface area contributed by atoms with Crippen LogP contribution in [0.2, 0.25) is 0 Å². The van der Waals surface area contributed by atoms with Gasteiger partial charge in [0.05, 0.1) is 11.2 Å². The van der Waals surface area contributed by atoms with Gasteiger partial charge in [-0.2, -0.15) is 0 Å². The van der Waals surface area contributed by atoms with Crippen LogP contribution in [0.1, 0.15) is 11.1 Å². The lowest BCUT2D eigenvalue weighted by atomic mass is 10.1. The molecule has 96 valence electrons. The second-order valence-corrected chi connectivity index (χ2v) is 5.01. The van der Waals surface area contributed by atoms with Crippen molar-refractivity contribution in [2.75, 3.05) is 5.73 Å². The number of hydrogen-bond donors (Lipinski definition) is 1. The summed E-state index contributed by atoms with van der Waals surface area (Å²) in [6, 6.07) is 12.3. The summed E-state index contributed by atoms with van der Waals surface area (Å²) in [6.45, 7) is 4.24. The van der Waals surface area contributed by atoms with E-state index >= 15 is 0 Å². The molecule has 2 N–H and O–H groups in total. The molecule has 3 nitrogen and oxygen atoms in total. The van der Waals surface area contributed by atoms with Crippen LogP contribution < -0.4 is 5.73 Å². The number of nitrogens with zero attached hydrogens (tertiary/aromatic N) is 2. The van der Waals surface area contributed by atoms with Crippen molar-refractivity contribution in [1.29, 1.82) is 0 Å². The zero-order valence-electron chi connectivity index (χ0n) is 11.4. The number of rotatable bonds is 1. The van der Waals surface area contributed by atoms with Crippen molar-refractivity contribution in [3.05, 3.63) is 47.5 Å². The maximum absolute atomic E-state index is 5.99. The number of aryl methyl sites for hydroxylation is 3. The zero-order valence-corrected chi connectivity index (χ0v) is 11.4. The Morgan fingerprint density at radius 3 is 2.53 bits per heavy atom. The first-order chi connectivity index (χ1) is 9.08. The Labute approximate surface area is 112 Å². The minimum Gasteiger partial charge on any atom is -0.397 e. The summed E-state index contributed by atoms with van der Waals surface area (Å²) in [6.07, 6.45) is 0. The summed E-state index contributed by atoms with van der Waals surface area (Å²) < 4.78 is 2.09. The summed E-state index contributed by atoms with van der Waals surface area (Å²) in [4.78, 5) is 4.69. The van der Waals surface area contributed by atoms with Gasteiger partial charge >= 0.3 is 0 Å². The molecule has 0 atom stereocenters. The van der Waals surface area contributed by atoms with E-state index in [1.54, 1.807) is 0 Å². The average molecular weight is 251 g/mol. The summed E-state index contributed by atoms with van der Waals surface area (Å²) in [5.74, 6) is 0.955. The van der Waals surface area contributed by atoms with E-state index in [0.717, 1.165) is 28.1 Å². The van der Waals surface area contributed by atoms with E-state index in [4.69, 9.17) is 10.7 Å². The molecular weight excluding hydrogens is 234 g/mol. The van der Waals surface area contributed by atoms with Gasteiger partial charge in [-0.25, -0.2) is 4.98 Å². The van der Waals surface area contributed by atoms with E-state index < -0.39 is 0 Å². The molecule has 0 spiro atoms. The first-order valence-corrected chi connectivity index (χ1v) is 6.36. The van der Waals surface area contributed by atoms with E-state index in [0.29, 0.717) is 0 Å². The van der Waals surface area contributed by atoms with E-state index in [1.165, 1.54) is 11.1 Å². The third-order valence-electron chi connectivity index (χ3n) is 3.71. The Kier molecular flexibility index (Phi) is 2.56. The second kappa shape index (κ2) is 4.12. The van der Waals surface area contributed by atoms with Crippen molar-refractivity contribution in [3.8, 4) is 11.4 Å². The highest BCUT2D eigenvalue weighted by Gasteiger charge is 2.11.